The fraction of sp³-hybridized carbons (Fsp3) is 0. The van der Waals surface area contributed by atoms with E-state index in [0.29, 0.717) is 10.2 Å². The van der Waals surface area contributed by atoms with Gasteiger partial charge in [0, 0.05) is 6.08 Å². The molecule has 0 aromatic carbocycles. The van der Waals surface area contributed by atoms with Gasteiger partial charge in [-0.3, -0.25) is 0 Å². The van der Waals surface area contributed by atoms with Crippen molar-refractivity contribution in [3.8, 4) is 0 Å². The van der Waals surface area contributed by atoms with Crippen LogP contribution < -0.4 is 0 Å². The van der Waals surface area contributed by atoms with Crippen LogP contribution in [0.2, 0.25) is 0 Å². The molecule has 13 heavy (non-hydrogen) atoms. The minimum Gasteiger partial charge on any atom is -0.422 e. The van der Waals surface area contributed by atoms with E-state index in [1.165, 1.54) is 6.08 Å². The van der Waals surface area contributed by atoms with E-state index in [0.717, 1.165) is 5.56 Å². The second-order valence-electron chi connectivity index (χ2n) is 2.48. The van der Waals surface area contributed by atoms with E-state index in [4.69, 9.17) is 4.74 Å². The number of ether oxygens (including phenoxy) is 1. The summed E-state index contributed by atoms with van der Waals surface area (Å²) in [5.41, 5.74) is 1.04. The summed E-state index contributed by atoms with van der Waals surface area (Å²) in [4.78, 5) is 10.8. The Hall–Kier alpha value is -0.870. The predicted octanol–water partition coefficient (Wildman–Crippen LogP) is 2.92. The van der Waals surface area contributed by atoms with Crippen LogP contribution in [0.5, 0.6) is 0 Å². The number of rotatable bonds is 1. The number of thiophene rings is 1. The van der Waals surface area contributed by atoms with Crippen LogP contribution in [0.3, 0.4) is 0 Å². The molecule has 66 valence electrons. The van der Waals surface area contributed by atoms with Crippen molar-refractivity contribution in [2.24, 2.45) is 0 Å². The highest BCUT2D eigenvalue weighted by molar-refractivity contribution is 9.12. The fourth-order valence-electron chi connectivity index (χ4n) is 0.968. The number of esters is 1. The summed E-state index contributed by atoms with van der Waals surface area (Å²) in [6.45, 7) is 0. The lowest BCUT2D eigenvalue weighted by Crippen LogP contribution is -1.89. The highest BCUT2D eigenvalue weighted by Crippen LogP contribution is 2.27. The molecule has 2 nitrogen and oxygen atoms in total. The van der Waals surface area contributed by atoms with Crippen LogP contribution in [0.15, 0.2) is 33.1 Å². The molecule has 0 saturated carbocycles. The van der Waals surface area contributed by atoms with Crippen molar-refractivity contribution in [3.05, 3.63) is 38.7 Å². The van der Waals surface area contributed by atoms with Gasteiger partial charge in [0.1, 0.15) is 5.76 Å². The molecule has 1 aliphatic rings. The standard InChI is InChI=1S/C9H5BrO2S/c10-7-4-9(11)12-8(7)3-6-1-2-13-5-6/h1-5H/b8-3+. The van der Waals surface area contributed by atoms with Gasteiger partial charge in [-0.25, -0.2) is 4.79 Å². The molecule has 4 heteroatoms. The monoisotopic (exact) mass is 256 g/mol. The molecule has 0 spiro atoms. The quantitative estimate of drug-likeness (QED) is 0.723. The molecular formula is C9H5BrO2S. The van der Waals surface area contributed by atoms with Gasteiger partial charge in [0.05, 0.1) is 4.48 Å². The zero-order valence-electron chi connectivity index (χ0n) is 6.49. The summed E-state index contributed by atoms with van der Waals surface area (Å²) in [7, 11) is 0. The third kappa shape index (κ3) is 1.89. The van der Waals surface area contributed by atoms with E-state index in [9.17, 15) is 4.79 Å². The van der Waals surface area contributed by atoms with Gasteiger partial charge >= 0.3 is 5.97 Å². The Kier molecular flexibility index (Phi) is 2.33. The van der Waals surface area contributed by atoms with Gasteiger partial charge in [-0.1, -0.05) is 0 Å². The SMILES string of the molecule is O=C1C=C(Br)/C(=C\c2ccsc2)O1. The molecule has 0 unspecified atom stereocenters. The maximum Gasteiger partial charge on any atom is 0.337 e. The number of cyclic esters (lactones) is 1. The van der Waals surface area contributed by atoms with Crippen LogP contribution in [0.1, 0.15) is 5.56 Å². The Morgan fingerprint density at radius 1 is 1.54 bits per heavy atom. The molecule has 0 fully saturated rings. The Morgan fingerprint density at radius 3 is 2.92 bits per heavy atom. The zero-order chi connectivity index (χ0) is 9.26. The molecule has 0 aliphatic carbocycles. The van der Waals surface area contributed by atoms with E-state index in [1.807, 2.05) is 22.9 Å². The molecular weight excluding hydrogens is 252 g/mol. The van der Waals surface area contributed by atoms with E-state index in [-0.39, 0.29) is 5.97 Å². The smallest absolute Gasteiger partial charge is 0.337 e. The van der Waals surface area contributed by atoms with Crippen molar-refractivity contribution in [3.63, 3.8) is 0 Å². The number of carbonyl (C=O) groups excluding carboxylic acids is 1. The van der Waals surface area contributed by atoms with Crippen LogP contribution in [0.25, 0.3) is 6.08 Å². The van der Waals surface area contributed by atoms with Gasteiger partial charge in [-0.15, -0.1) is 0 Å². The maximum atomic E-state index is 10.8. The minimum atomic E-state index is -0.326. The first-order valence-electron chi connectivity index (χ1n) is 3.59. The Balaban J connectivity index is 2.29. The molecule has 1 aliphatic heterocycles. The van der Waals surface area contributed by atoms with Crippen LogP contribution in [0.4, 0.5) is 0 Å². The Labute approximate surface area is 87.7 Å². The van der Waals surface area contributed by atoms with Gasteiger partial charge in [-0.2, -0.15) is 11.3 Å². The van der Waals surface area contributed by atoms with Gasteiger partial charge in [0.15, 0.2) is 0 Å². The van der Waals surface area contributed by atoms with E-state index < -0.39 is 0 Å². The first-order chi connectivity index (χ1) is 6.25. The lowest BCUT2D eigenvalue weighted by Gasteiger charge is -1.95. The Morgan fingerprint density at radius 2 is 2.38 bits per heavy atom. The highest BCUT2D eigenvalue weighted by Gasteiger charge is 2.17. The molecule has 0 N–H and O–H groups in total. The van der Waals surface area contributed by atoms with E-state index >= 15 is 0 Å². The number of hydrogen-bond donors (Lipinski definition) is 0. The normalized spacial score (nSPS) is 19.0. The lowest BCUT2D eigenvalue weighted by molar-refractivity contribution is -0.132. The van der Waals surface area contributed by atoms with Gasteiger partial charge in [-0.05, 0) is 44.4 Å². The number of halogens is 1. The summed E-state index contributed by atoms with van der Waals surface area (Å²) in [6.07, 6.45) is 3.24. The van der Waals surface area contributed by atoms with Crippen LogP contribution >= 0.6 is 27.3 Å². The summed E-state index contributed by atoms with van der Waals surface area (Å²) in [6, 6.07) is 1.96. The first-order valence-corrected chi connectivity index (χ1v) is 5.32. The second kappa shape index (κ2) is 3.47. The number of hydrogen-bond acceptors (Lipinski definition) is 3. The van der Waals surface area contributed by atoms with Crippen molar-refractivity contribution in [1.82, 2.24) is 0 Å². The van der Waals surface area contributed by atoms with Crippen molar-refractivity contribution in [2.75, 3.05) is 0 Å². The molecule has 2 rings (SSSR count). The fourth-order valence-corrected chi connectivity index (χ4v) is 1.97. The lowest BCUT2D eigenvalue weighted by atomic mass is 10.3. The molecule has 0 amide bonds. The van der Waals surface area contributed by atoms with Crippen molar-refractivity contribution in [2.45, 2.75) is 0 Å². The van der Waals surface area contributed by atoms with Crippen LogP contribution in [0, 0.1) is 0 Å². The average Bonchev–Trinajstić information content (AvgIpc) is 2.63. The predicted molar refractivity (Wildman–Crippen MR) is 55.4 cm³/mol. The summed E-state index contributed by atoms with van der Waals surface area (Å²) >= 11 is 4.85. The zero-order valence-corrected chi connectivity index (χ0v) is 8.89. The maximum absolute atomic E-state index is 10.8. The third-order valence-electron chi connectivity index (χ3n) is 1.53. The van der Waals surface area contributed by atoms with Crippen LogP contribution in [-0.4, -0.2) is 5.97 Å². The highest BCUT2D eigenvalue weighted by atomic mass is 79.9. The van der Waals surface area contributed by atoms with Gasteiger partial charge < -0.3 is 4.74 Å². The summed E-state index contributed by atoms with van der Waals surface area (Å²) < 4.78 is 5.63. The van der Waals surface area contributed by atoms with Gasteiger partial charge in [0.25, 0.3) is 0 Å². The average molecular weight is 257 g/mol. The van der Waals surface area contributed by atoms with E-state index in [1.54, 1.807) is 11.3 Å². The molecule has 1 aromatic heterocycles. The van der Waals surface area contributed by atoms with Gasteiger partial charge in [0.2, 0.25) is 0 Å². The molecule has 0 bridgehead atoms. The molecule has 1 aromatic rings. The van der Waals surface area contributed by atoms with Crippen LogP contribution in [-0.2, 0) is 9.53 Å². The second-order valence-corrected chi connectivity index (χ2v) is 4.11. The van der Waals surface area contributed by atoms with Crippen molar-refractivity contribution in [1.29, 1.82) is 0 Å². The molecule has 2 heterocycles. The van der Waals surface area contributed by atoms with Crippen molar-refractivity contribution < 1.29 is 9.53 Å². The van der Waals surface area contributed by atoms with Crippen molar-refractivity contribution >= 4 is 39.3 Å². The molecule has 0 saturated heterocycles. The van der Waals surface area contributed by atoms with E-state index in [2.05, 4.69) is 15.9 Å². The Bertz CT molecular complexity index is 390. The minimum absolute atomic E-state index is 0.326. The molecule has 0 atom stereocenters. The third-order valence-corrected chi connectivity index (χ3v) is 2.85. The summed E-state index contributed by atoms with van der Waals surface area (Å²) in [5, 5.41) is 3.96. The number of carbonyl (C=O) groups is 1. The largest absolute Gasteiger partial charge is 0.422 e. The summed E-state index contributed by atoms with van der Waals surface area (Å²) in [5.74, 6) is 0.247. The molecule has 0 radical (unpaired) electrons. The number of allylic oxidation sites excluding steroid dienone is 1. The first kappa shape index (κ1) is 8.72. The topological polar surface area (TPSA) is 26.3 Å².